The molecule has 0 aromatic carbocycles. The summed E-state index contributed by atoms with van der Waals surface area (Å²) < 4.78 is 0. The second-order valence-corrected chi connectivity index (χ2v) is 5.18. The van der Waals surface area contributed by atoms with Gasteiger partial charge in [0.05, 0.1) is 5.92 Å². The van der Waals surface area contributed by atoms with Crippen LogP contribution in [0.4, 0.5) is 0 Å². The molecule has 2 N–H and O–H groups in total. The minimum absolute atomic E-state index is 0.00199. The smallest absolute Gasteiger partial charge is 0.308 e. The summed E-state index contributed by atoms with van der Waals surface area (Å²) in [4.78, 5) is 22.9. The Morgan fingerprint density at radius 1 is 1.22 bits per heavy atom. The van der Waals surface area contributed by atoms with Crippen LogP contribution < -0.4 is 5.32 Å². The van der Waals surface area contributed by atoms with Gasteiger partial charge in [-0.15, -0.1) is 0 Å². The van der Waals surface area contributed by atoms with Crippen molar-refractivity contribution in [3.63, 3.8) is 0 Å². The van der Waals surface area contributed by atoms with Gasteiger partial charge in [-0.05, 0) is 18.8 Å². The molecule has 0 aliphatic heterocycles. The van der Waals surface area contributed by atoms with Crippen molar-refractivity contribution >= 4 is 11.9 Å². The highest BCUT2D eigenvalue weighted by Crippen LogP contribution is 2.14. The van der Waals surface area contributed by atoms with Crippen molar-refractivity contribution in [3.8, 4) is 0 Å². The van der Waals surface area contributed by atoms with Crippen LogP contribution in [-0.4, -0.2) is 23.5 Å². The van der Waals surface area contributed by atoms with E-state index in [2.05, 4.69) is 12.2 Å². The third kappa shape index (κ3) is 6.03. The van der Waals surface area contributed by atoms with Gasteiger partial charge < -0.3 is 10.4 Å². The Morgan fingerprint density at radius 2 is 1.83 bits per heavy atom. The molecule has 0 fully saturated rings. The molecular weight excluding hydrogens is 230 g/mol. The van der Waals surface area contributed by atoms with E-state index in [0.29, 0.717) is 0 Å². The van der Waals surface area contributed by atoms with Crippen LogP contribution in [-0.2, 0) is 9.59 Å². The van der Waals surface area contributed by atoms with Crippen LogP contribution in [0.25, 0.3) is 0 Å². The van der Waals surface area contributed by atoms with E-state index >= 15 is 0 Å². The largest absolute Gasteiger partial charge is 0.481 e. The lowest BCUT2D eigenvalue weighted by atomic mass is 9.94. The fourth-order valence-electron chi connectivity index (χ4n) is 1.93. The van der Waals surface area contributed by atoms with Gasteiger partial charge in [0, 0.05) is 12.5 Å². The lowest BCUT2D eigenvalue weighted by Crippen LogP contribution is -2.38. The quantitative estimate of drug-likeness (QED) is 0.667. The van der Waals surface area contributed by atoms with Crippen molar-refractivity contribution in [1.29, 1.82) is 0 Å². The van der Waals surface area contributed by atoms with Crippen molar-refractivity contribution < 1.29 is 14.7 Å². The van der Waals surface area contributed by atoms with E-state index in [4.69, 9.17) is 5.11 Å². The molecule has 2 unspecified atom stereocenters. The summed E-state index contributed by atoms with van der Waals surface area (Å²) >= 11 is 0. The molecule has 4 nitrogen and oxygen atoms in total. The lowest BCUT2D eigenvalue weighted by molar-refractivity contribution is -0.143. The van der Waals surface area contributed by atoms with Crippen molar-refractivity contribution in [2.24, 2.45) is 17.8 Å². The van der Waals surface area contributed by atoms with Gasteiger partial charge in [0.15, 0.2) is 0 Å². The van der Waals surface area contributed by atoms with Crippen LogP contribution >= 0.6 is 0 Å². The molecule has 0 saturated heterocycles. The number of hydrogen-bond donors (Lipinski definition) is 2. The van der Waals surface area contributed by atoms with Gasteiger partial charge >= 0.3 is 5.97 Å². The van der Waals surface area contributed by atoms with Gasteiger partial charge in [-0.25, -0.2) is 0 Å². The molecule has 18 heavy (non-hydrogen) atoms. The fraction of sp³-hybridized carbons (Fsp3) is 0.857. The third-order valence-corrected chi connectivity index (χ3v) is 3.39. The molecule has 106 valence electrons. The zero-order valence-corrected chi connectivity index (χ0v) is 12.0. The summed E-state index contributed by atoms with van der Waals surface area (Å²) in [5.74, 6) is -1.30. The summed E-state index contributed by atoms with van der Waals surface area (Å²) in [5.41, 5.74) is 0. The average molecular weight is 257 g/mol. The summed E-state index contributed by atoms with van der Waals surface area (Å²) in [6.45, 7) is 8.05. The molecule has 0 bridgehead atoms. The molecule has 0 aliphatic rings. The SMILES string of the molecule is CCCCC(CC)C(=O)NCC(C(=O)O)C(C)C. The van der Waals surface area contributed by atoms with Crippen LogP contribution in [0.2, 0.25) is 0 Å². The van der Waals surface area contributed by atoms with Gasteiger partial charge in [-0.2, -0.15) is 0 Å². The normalized spacial score (nSPS) is 14.3. The predicted octanol–water partition coefficient (Wildman–Crippen LogP) is 2.68. The molecule has 1 amide bonds. The van der Waals surface area contributed by atoms with Crippen LogP contribution in [0.1, 0.15) is 53.4 Å². The highest BCUT2D eigenvalue weighted by Gasteiger charge is 2.23. The Hall–Kier alpha value is -1.06. The van der Waals surface area contributed by atoms with E-state index in [1.807, 2.05) is 20.8 Å². The van der Waals surface area contributed by atoms with E-state index < -0.39 is 11.9 Å². The van der Waals surface area contributed by atoms with Crippen LogP contribution in [0.15, 0.2) is 0 Å². The Balaban J connectivity index is 4.24. The maximum atomic E-state index is 11.9. The molecule has 0 spiro atoms. The molecule has 4 heteroatoms. The van der Waals surface area contributed by atoms with Crippen molar-refractivity contribution in [2.75, 3.05) is 6.54 Å². The number of aliphatic carboxylic acids is 1. The fourth-order valence-corrected chi connectivity index (χ4v) is 1.93. The zero-order chi connectivity index (χ0) is 14.1. The molecule has 0 radical (unpaired) electrons. The third-order valence-electron chi connectivity index (χ3n) is 3.39. The summed E-state index contributed by atoms with van der Waals surface area (Å²) in [6, 6.07) is 0. The van der Waals surface area contributed by atoms with E-state index in [1.54, 1.807) is 0 Å². The molecule has 0 saturated carbocycles. The maximum Gasteiger partial charge on any atom is 0.308 e. The summed E-state index contributed by atoms with van der Waals surface area (Å²) in [6.07, 6.45) is 3.81. The van der Waals surface area contributed by atoms with E-state index in [1.165, 1.54) is 0 Å². The first-order valence-electron chi connectivity index (χ1n) is 6.94. The second-order valence-electron chi connectivity index (χ2n) is 5.18. The first-order valence-corrected chi connectivity index (χ1v) is 6.94. The molecule has 2 atom stereocenters. The lowest BCUT2D eigenvalue weighted by Gasteiger charge is -2.19. The van der Waals surface area contributed by atoms with Crippen molar-refractivity contribution in [1.82, 2.24) is 5.32 Å². The molecule has 0 rings (SSSR count). The zero-order valence-electron chi connectivity index (χ0n) is 12.0. The Labute approximate surface area is 110 Å². The Kier molecular flexibility index (Phi) is 8.42. The Bertz CT molecular complexity index is 264. The maximum absolute atomic E-state index is 11.9. The van der Waals surface area contributed by atoms with E-state index in [9.17, 15) is 9.59 Å². The topological polar surface area (TPSA) is 66.4 Å². The van der Waals surface area contributed by atoms with Gasteiger partial charge in [-0.3, -0.25) is 9.59 Å². The average Bonchev–Trinajstić information content (AvgIpc) is 2.29. The highest BCUT2D eigenvalue weighted by molar-refractivity contribution is 5.79. The van der Waals surface area contributed by atoms with Gasteiger partial charge in [0.25, 0.3) is 0 Å². The number of hydrogen-bond acceptors (Lipinski definition) is 2. The number of nitrogens with one attached hydrogen (secondary N) is 1. The Morgan fingerprint density at radius 3 is 2.22 bits per heavy atom. The number of carboxylic acids is 1. The van der Waals surface area contributed by atoms with Crippen molar-refractivity contribution in [3.05, 3.63) is 0 Å². The van der Waals surface area contributed by atoms with Crippen molar-refractivity contribution in [2.45, 2.75) is 53.4 Å². The number of unbranched alkanes of at least 4 members (excludes halogenated alkanes) is 1. The predicted molar refractivity (Wildman–Crippen MR) is 72.3 cm³/mol. The number of amides is 1. The first-order chi connectivity index (χ1) is 8.43. The van der Waals surface area contributed by atoms with E-state index in [0.717, 1.165) is 25.7 Å². The van der Waals surface area contributed by atoms with Gasteiger partial charge in [0.1, 0.15) is 0 Å². The second kappa shape index (κ2) is 8.95. The highest BCUT2D eigenvalue weighted by atomic mass is 16.4. The standard InChI is InChI=1S/C14H27NO3/c1-5-7-8-11(6-2)13(16)15-9-12(10(3)4)14(17)18/h10-12H,5-9H2,1-4H3,(H,15,16)(H,17,18). The molecular formula is C14H27NO3. The van der Waals surface area contributed by atoms with Gasteiger partial charge in [-0.1, -0.05) is 40.5 Å². The first kappa shape index (κ1) is 16.9. The number of carboxylic acid groups (broad SMARTS) is 1. The molecule has 0 heterocycles. The number of carbonyl (C=O) groups is 2. The molecule has 0 aliphatic carbocycles. The molecule has 0 aromatic heterocycles. The summed E-state index contributed by atoms with van der Waals surface area (Å²) in [5, 5.41) is 11.8. The van der Waals surface area contributed by atoms with Crippen LogP contribution in [0, 0.1) is 17.8 Å². The minimum Gasteiger partial charge on any atom is -0.481 e. The van der Waals surface area contributed by atoms with Crippen LogP contribution in [0.5, 0.6) is 0 Å². The number of rotatable bonds is 9. The van der Waals surface area contributed by atoms with Crippen LogP contribution in [0.3, 0.4) is 0 Å². The monoisotopic (exact) mass is 257 g/mol. The van der Waals surface area contributed by atoms with E-state index in [-0.39, 0.29) is 24.3 Å². The summed E-state index contributed by atoms with van der Waals surface area (Å²) in [7, 11) is 0. The minimum atomic E-state index is -0.841. The van der Waals surface area contributed by atoms with Gasteiger partial charge in [0.2, 0.25) is 5.91 Å². The molecule has 0 aromatic rings. The number of carbonyl (C=O) groups excluding carboxylic acids is 1.